The molecule has 62 valence electrons. The summed E-state index contributed by atoms with van der Waals surface area (Å²) in [7, 11) is 1.00. The summed E-state index contributed by atoms with van der Waals surface area (Å²) in [5, 5.41) is 10.5. The van der Waals surface area contributed by atoms with Crippen molar-refractivity contribution in [3.05, 3.63) is 16.4 Å². The fraction of sp³-hybridized carbons (Fsp3) is 0.333. The van der Waals surface area contributed by atoms with Crippen LogP contribution in [0.25, 0.3) is 0 Å². The lowest BCUT2D eigenvalue weighted by Gasteiger charge is -1.76. The molecule has 1 rings (SSSR count). The highest BCUT2D eigenvalue weighted by atomic mass is 79.9. The Labute approximate surface area is 72.3 Å². The first-order valence-electron chi connectivity index (χ1n) is 2.82. The maximum Gasteiger partial charge on any atom is 0.149 e. The van der Waals surface area contributed by atoms with Gasteiger partial charge in [0.1, 0.15) is 16.6 Å². The van der Waals surface area contributed by atoms with Crippen LogP contribution in [0.5, 0.6) is 0 Å². The third-order valence-corrected chi connectivity index (χ3v) is 1.19. The van der Waals surface area contributed by atoms with Crippen molar-refractivity contribution in [3.8, 4) is 0 Å². The largest absolute Gasteiger partial charge is 0.400 e. The molecule has 0 unspecified atom stereocenters. The number of aliphatic hydroxyl groups excluding tert-OH is 1. The van der Waals surface area contributed by atoms with E-state index in [-0.39, 0.29) is 0 Å². The lowest BCUT2D eigenvalue weighted by molar-refractivity contribution is -0.107. The molecule has 0 radical (unpaired) electrons. The fourth-order valence-electron chi connectivity index (χ4n) is 0.466. The van der Waals surface area contributed by atoms with Crippen LogP contribution in [-0.2, 0) is 11.2 Å². The van der Waals surface area contributed by atoms with Gasteiger partial charge in [0.15, 0.2) is 0 Å². The average molecular weight is 222 g/mol. The van der Waals surface area contributed by atoms with Gasteiger partial charge in [-0.1, -0.05) is 5.16 Å². The maximum absolute atomic E-state index is 9.88. The van der Waals surface area contributed by atoms with Gasteiger partial charge in [-0.05, 0) is 15.9 Å². The monoisotopic (exact) mass is 221 g/mol. The Morgan fingerprint density at radius 2 is 2.45 bits per heavy atom. The van der Waals surface area contributed by atoms with Crippen molar-refractivity contribution in [2.24, 2.45) is 0 Å². The number of aliphatic hydroxyl groups is 1. The van der Waals surface area contributed by atoms with Gasteiger partial charge in [0, 0.05) is 13.2 Å². The summed E-state index contributed by atoms with van der Waals surface area (Å²) in [5.41, 5.74) is 0. The highest BCUT2D eigenvalue weighted by Gasteiger charge is 1.97. The topological polar surface area (TPSA) is 63.3 Å². The van der Waals surface area contributed by atoms with E-state index in [0.717, 1.165) is 13.4 Å². The minimum Gasteiger partial charge on any atom is -0.400 e. The van der Waals surface area contributed by atoms with Crippen LogP contribution in [0.4, 0.5) is 0 Å². The quantitative estimate of drug-likeness (QED) is 0.751. The predicted molar refractivity (Wildman–Crippen MR) is 42.1 cm³/mol. The minimum absolute atomic E-state index is 0.290. The Bertz CT molecular complexity index is 211. The van der Waals surface area contributed by atoms with Gasteiger partial charge in [0.25, 0.3) is 0 Å². The van der Waals surface area contributed by atoms with E-state index < -0.39 is 0 Å². The Kier molecular flexibility index (Phi) is 5.68. The molecule has 0 amide bonds. The molecule has 1 heterocycles. The van der Waals surface area contributed by atoms with Crippen LogP contribution in [0.1, 0.15) is 5.76 Å². The third-order valence-electron chi connectivity index (χ3n) is 0.815. The molecule has 11 heavy (non-hydrogen) atoms. The van der Waals surface area contributed by atoms with Crippen molar-refractivity contribution in [2.45, 2.75) is 6.42 Å². The number of rotatable bonds is 2. The maximum atomic E-state index is 9.88. The average Bonchev–Trinajstić information content (AvgIpc) is 2.41. The molecule has 0 aliphatic rings. The van der Waals surface area contributed by atoms with E-state index in [9.17, 15) is 4.79 Å². The zero-order valence-electron chi connectivity index (χ0n) is 5.95. The van der Waals surface area contributed by atoms with E-state index >= 15 is 0 Å². The SMILES string of the molecule is CO.O=CCc1cc(Br)no1. The molecule has 1 N–H and O–H groups in total. The number of aldehydes is 1. The van der Waals surface area contributed by atoms with Gasteiger partial charge >= 0.3 is 0 Å². The summed E-state index contributed by atoms with van der Waals surface area (Å²) in [4.78, 5) is 9.88. The number of aromatic nitrogens is 1. The van der Waals surface area contributed by atoms with Crippen LogP contribution in [0.3, 0.4) is 0 Å². The molecule has 0 fully saturated rings. The van der Waals surface area contributed by atoms with Gasteiger partial charge in [-0.2, -0.15) is 0 Å². The van der Waals surface area contributed by atoms with Gasteiger partial charge < -0.3 is 14.4 Å². The summed E-state index contributed by atoms with van der Waals surface area (Å²) < 4.78 is 5.30. The van der Waals surface area contributed by atoms with Crippen molar-refractivity contribution in [3.63, 3.8) is 0 Å². The Morgan fingerprint density at radius 1 is 1.82 bits per heavy atom. The van der Waals surface area contributed by atoms with Crippen LogP contribution >= 0.6 is 15.9 Å². The second kappa shape index (κ2) is 6.06. The third kappa shape index (κ3) is 3.90. The zero-order valence-corrected chi connectivity index (χ0v) is 7.54. The molecule has 5 heteroatoms. The lowest BCUT2D eigenvalue weighted by atomic mass is 10.4. The Hall–Kier alpha value is -0.680. The number of hydrogen-bond acceptors (Lipinski definition) is 4. The normalized spacial score (nSPS) is 8.27. The Morgan fingerprint density at radius 3 is 2.82 bits per heavy atom. The molecule has 1 aromatic rings. The number of nitrogens with zero attached hydrogens (tertiary/aromatic N) is 1. The standard InChI is InChI=1S/C5H4BrNO2.CH4O/c6-5-3-4(1-2-8)9-7-5;1-2/h2-3H,1H2;2H,1H3. The molecule has 1 aromatic heterocycles. The summed E-state index contributed by atoms with van der Waals surface area (Å²) in [6.45, 7) is 0. The number of carbonyl (C=O) groups is 1. The van der Waals surface area contributed by atoms with Gasteiger partial charge in [0.05, 0.1) is 6.42 Å². The van der Waals surface area contributed by atoms with Crippen LogP contribution in [-0.4, -0.2) is 23.7 Å². The molecule has 4 nitrogen and oxygen atoms in total. The van der Waals surface area contributed by atoms with E-state index in [0.29, 0.717) is 16.8 Å². The first kappa shape index (κ1) is 10.3. The molecule has 0 bridgehead atoms. The molecule has 0 saturated heterocycles. The van der Waals surface area contributed by atoms with Crippen molar-refractivity contribution in [2.75, 3.05) is 7.11 Å². The number of halogens is 1. The van der Waals surface area contributed by atoms with Crippen molar-refractivity contribution in [1.82, 2.24) is 5.16 Å². The van der Waals surface area contributed by atoms with Gasteiger partial charge in [-0.25, -0.2) is 0 Å². The van der Waals surface area contributed by atoms with E-state index in [1.54, 1.807) is 6.07 Å². The predicted octanol–water partition coefficient (Wildman–Crippen LogP) is 0.787. The zero-order chi connectivity index (χ0) is 8.69. The van der Waals surface area contributed by atoms with Crippen LogP contribution in [0, 0.1) is 0 Å². The fourth-order valence-corrected chi connectivity index (χ4v) is 0.794. The van der Waals surface area contributed by atoms with Crippen molar-refractivity contribution < 1.29 is 14.4 Å². The molecular formula is C6H8BrNO3. The summed E-state index contributed by atoms with van der Waals surface area (Å²) in [5.74, 6) is 0.580. The highest BCUT2D eigenvalue weighted by Crippen LogP contribution is 2.08. The molecule has 0 aromatic carbocycles. The number of carbonyl (C=O) groups excluding carboxylic acids is 1. The van der Waals surface area contributed by atoms with Crippen LogP contribution in [0.2, 0.25) is 0 Å². The molecule has 0 aliphatic heterocycles. The van der Waals surface area contributed by atoms with Gasteiger partial charge in [0.2, 0.25) is 0 Å². The van der Waals surface area contributed by atoms with Gasteiger partial charge in [-0.15, -0.1) is 0 Å². The highest BCUT2D eigenvalue weighted by molar-refractivity contribution is 9.10. The minimum atomic E-state index is 0.290. The van der Waals surface area contributed by atoms with Crippen molar-refractivity contribution in [1.29, 1.82) is 0 Å². The molecule has 0 aliphatic carbocycles. The van der Waals surface area contributed by atoms with Crippen molar-refractivity contribution >= 4 is 22.2 Å². The van der Waals surface area contributed by atoms with E-state index in [2.05, 4.69) is 25.6 Å². The first-order valence-corrected chi connectivity index (χ1v) is 3.61. The molecule has 0 spiro atoms. The van der Waals surface area contributed by atoms with Crippen LogP contribution < -0.4 is 0 Å². The first-order chi connectivity index (χ1) is 5.33. The number of hydrogen-bond donors (Lipinski definition) is 1. The lowest BCUT2D eigenvalue weighted by Crippen LogP contribution is -1.78. The second-order valence-corrected chi connectivity index (χ2v) is 2.30. The van der Waals surface area contributed by atoms with E-state index in [1.807, 2.05) is 0 Å². The summed E-state index contributed by atoms with van der Waals surface area (Å²) >= 11 is 3.08. The summed E-state index contributed by atoms with van der Waals surface area (Å²) in [6.07, 6.45) is 1.06. The molecule has 0 atom stereocenters. The van der Waals surface area contributed by atoms with E-state index in [4.69, 9.17) is 5.11 Å². The Balaban J connectivity index is 0.000000461. The van der Waals surface area contributed by atoms with Gasteiger partial charge in [-0.3, -0.25) is 0 Å². The molecule has 0 saturated carbocycles. The van der Waals surface area contributed by atoms with Crippen LogP contribution in [0.15, 0.2) is 15.2 Å². The smallest absolute Gasteiger partial charge is 0.149 e. The molecular weight excluding hydrogens is 214 g/mol. The second-order valence-electron chi connectivity index (χ2n) is 1.49. The van der Waals surface area contributed by atoms with E-state index in [1.165, 1.54) is 0 Å². The summed E-state index contributed by atoms with van der Waals surface area (Å²) in [6, 6.07) is 1.66.